The Morgan fingerprint density at radius 3 is 2.65 bits per heavy atom. The van der Waals surface area contributed by atoms with Gasteiger partial charge >= 0.3 is 5.97 Å². The predicted molar refractivity (Wildman–Crippen MR) is 79.6 cm³/mol. The summed E-state index contributed by atoms with van der Waals surface area (Å²) in [6.45, 7) is 1.87. The number of carbonyl (C=O) groups excluding carboxylic acids is 2. The van der Waals surface area contributed by atoms with Gasteiger partial charge in [0.1, 0.15) is 24.9 Å². The fraction of sp³-hybridized carbons (Fsp3) is 0.312. The van der Waals surface area contributed by atoms with Crippen LogP contribution in [0.1, 0.15) is 12.5 Å². The predicted octanol–water partition coefficient (Wildman–Crippen LogP) is 0.869. The third-order valence-corrected chi connectivity index (χ3v) is 3.10. The van der Waals surface area contributed by atoms with Crippen molar-refractivity contribution in [2.24, 2.45) is 5.73 Å². The van der Waals surface area contributed by atoms with Crippen LogP contribution in [0.5, 0.6) is 11.5 Å². The maximum Gasteiger partial charge on any atom is 0.310 e. The summed E-state index contributed by atoms with van der Waals surface area (Å²) in [6.07, 6.45) is -0.0167. The molecule has 0 fully saturated rings. The first-order valence-corrected chi connectivity index (χ1v) is 6.95. The van der Waals surface area contributed by atoms with Crippen molar-refractivity contribution in [2.45, 2.75) is 13.3 Å². The van der Waals surface area contributed by atoms with E-state index in [2.05, 4.69) is 0 Å². The quantitative estimate of drug-likeness (QED) is 0.487. The lowest BCUT2D eigenvalue weighted by molar-refractivity contribution is -0.146. The van der Waals surface area contributed by atoms with Crippen LogP contribution in [0.15, 0.2) is 29.5 Å². The SMILES string of the molecule is C/C(N)=C(\C#N)C(=O)COC(=O)Cc1ccc2c(c1)OCCO2. The number of Topliss-reactive ketones (excluding diaryl/α,β-unsaturated/α-hetero) is 1. The van der Waals surface area contributed by atoms with E-state index in [0.717, 1.165) is 0 Å². The summed E-state index contributed by atoms with van der Waals surface area (Å²) < 4.78 is 15.7. The number of nitrogens with two attached hydrogens (primary N) is 1. The van der Waals surface area contributed by atoms with Crippen LogP contribution in [-0.2, 0) is 20.7 Å². The van der Waals surface area contributed by atoms with E-state index in [4.69, 9.17) is 25.2 Å². The van der Waals surface area contributed by atoms with Crippen molar-refractivity contribution in [1.29, 1.82) is 5.26 Å². The molecule has 1 aromatic carbocycles. The molecule has 0 spiro atoms. The van der Waals surface area contributed by atoms with E-state index in [1.807, 2.05) is 0 Å². The van der Waals surface area contributed by atoms with Gasteiger partial charge < -0.3 is 19.9 Å². The number of rotatable bonds is 5. The van der Waals surface area contributed by atoms with Crippen molar-refractivity contribution < 1.29 is 23.8 Å². The average molecular weight is 316 g/mol. The average Bonchev–Trinajstić information content (AvgIpc) is 2.53. The van der Waals surface area contributed by atoms with Crippen molar-refractivity contribution in [3.8, 4) is 17.6 Å². The van der Waals surface area contributed by atoms with Gasteiger partial charge in [0.25, 0.3) is 0 Å². The number of nitrogens with zero attached hydrogens (tertiary/aromatic N) is 1. The van der Waals surface area contributed by atoms with E-state index >= 15 is 0 Å². The Hall–Kier alpha value is -3.01. The van der Waals surface area contributed by atoms with Gasteiger partial charge in [0.05, 0.1) is 6.42 Å². The minimum Gasteiger partial charge on any atom is -0.486 e. The van der Waals surface area contributed by atoms with Gasteiger partial charge in [-0.05, 0) is 24.6 Å². The zero-order valence-electron chi connectivity index (χ0n) is 12.6. The molecule has 0 saturated carbocycles. The van der Waals surface area contributed by atoms with Crippen LogP contribution in [0.3, 0.4) is 0 Å². The molecule has 0 unspecified atom stereocenters. The molecule has 0 bridgehead atoms. The second kappa shape index (κ2) is 7.31. The Bertz CT molecular complexity index is 699. The Morgan fingerprint density at radius 2 is 2.00 bits per heavy atom. The van der Waals surface area contributed by atoms with E-state index in [9.17, 15) is 9.59 Å². The highest BCUT2D eigenvalue weighted by atomic mass is 16.6. The molecule has 0 aliphatic carbocycles. The van der Waals surface area contributed by atoms with Crippen molar-refractivity contribution in [3.63, 3.8) is 0 Å². The lowest BCUT2D eigenvalue weighted by Crippen LogP contribution is -2.19. The zero-order chi connectivity index (χ0) is 16.8. The summed E-state index contributed by atoms with van der Waals surface area (Å²) in [5.41, 5.74) is 5.99. The van der Waals surface area contributed by atoms with Gasteiger partial charge in [0, 0.05) is 5.70 Å². The van der Waals surface area contributed by atoms with E-state index in [1.165, 1.54) is 6.92 Å². The lowest BCUT2D eigenvalue weighted by Gasteiger charge is -2.18. The summed E-state index contributed by atoms with van der Waals surface area (Å²) in [4.78, 5) is 23.5. The number of allylic oxidation sites excluding steroid dienone is 1. The monoisotopic (exact) mass is 316 g/mol. The van der Waals surface area contributed by atoms with Crippen molar-refractivity contribution >= 4 is 11.8 Å². The molecular weight excluding hydrogens is 300 g/mol. The van der Waals surface area contributed by atoms with Crippen LogP contribution in [0.4, 0.5) is 0 Å². The topological polar surface area (TPSA) is 112 Å². The molecule has 7 heteroatoms. The molecule has 0 aromatic heterocycles. The highest BCUT2D eigenvalue weighted by molar-refractivity contribution is 6.01. The molecule has 23 heavy (non-hydrogen) atoms. The fourth-order valence-corrected chi connectivity index (χ4v) is 2.00. The third kappa shape index (κ3) is 4.23. The normalized spacial score (nSPS) is 13.6. The first-order chi connectivity index (χ1) is 11.0. The van der Waals surface area contributed by atoms with Gasteiger partial charge in [0.15, 0.2) is 18.1 Å². The Balaban J connectivity index is 1.92. The van der Waals surface area contributed by atoms with Crippen LogP contribution in [0.2, 0.25) is 0 Å². The Kier molecular flexibility index (Phi) is 5.20. The number of ether oxygens (including phenoxy) is 3. The summed E-state index contributed by atoms with van der Waals surface area (Å²) in [6, 6.07) is 6.83. The second-order valence-electron chi connectivity index (χ2n) is 4.91. The summed E-state index contributed by atoms with van der Waals surface area (Å²) in [7, 11) is 0. The molecule has 1 aliphatic heterocycles. The lowest BCUT2D eigenvalue weighted by atomic mass is 10.1. The molecule has 0 radical (unpaired) electrons. The molecule has 1 heterocycles. The number of hydrogen-bond acceptors (Lipinski definition) is 7. The molecule has 2 N–H and O–H groups in total. The van der Waals surface area contributed by atoms with Crippen LogP contribution in [0.25, 0.3) is 0 Å². The second-order valence-corrected chi connectivity index (χ2v) is 4.91. The van der Waals surface area contributed by atoms with Crippen molar-refractivity contribution in [3.05, 3.63) is 35.0 Å². The van der Waals surface area contributed by atoms with E-state index in [-0.39, 0.29) is 17.7 Å². The van der Waals surface area contributed by atoms with Crippen molar-refractivity contribution in [1.82, 2.24) is 0 Å². The smallest absolute Gasteiger partial charge is 0.310 e. The molecule has 120 valence electrons. The maximum atomic E-state index is 11.8. The van der Waals surface area contributed by atoms with E-state index in [1.54, 1.807) is 24.3 Å². The minimum atomic E-state index is -0.622. The molecule has 0 atom stereocenters. The van der Waals surface area contributed by atoms with Crippen molar-refractivity contribution in [2.75, 3.05) is 19.8 Å². The summed E-state index contributed by atoms with van der Waals surface area (Å²) in [5.74, 6) is 0.00173. The first-order valence-electron chi connectivity index (χ1n) is 6.95. The summed E-state index contributed by atoms with van der Waals surface area (Å²) >= 11 is 0. The number of hydrogen-bond donors (Lipinski definition) is 1. The zero-order valence-corrected chi connectivity index (χ0v) is 12.6. The Labute approximate surface area is 133 Å². The first kappa shape index (κ1) is 16.4. The molecule has 1 aliphatic rings. The molecule has 0 saturated heterocycles. The van der Waals surface area contributed by atoms with Gasteiger partial charge in [-0.25, -0.2) is 0 Å². The third-order valence-electron chi connectivity index (χ3n) is 3.10. The highest BCUT2D eigenvalue weighted by Gasteiger charge is 2.16. The molecule has 0 amide bonds. The summed E-state index contributed by atoms with van der Waals surface area (Å²) in [5, 5.41) is 8.80. The minimum absolute atomic E-state index is 0.0167. The molecular formula is C16H16N2O5. The van der Waals surface area contributed by atoms with Gasteiger partial charge in [-0.2, -0.15) is 5.26 Å². The standard InChI is InChI=1S/C16H16N2O5/c1-10(18)12(8-17)13(19)9-23-16(20)7-11-2-3-14-15(6-11)22-5-4-21-14/h2-3,6H,4-5,7,9,18H2,1H3/b12-10-. The number of benzene rings is 1. The number of ketones is 1. The van der Waals surface area contributed by atoms with E-state index in [0.29, 0.717) is 30.3 Å². The number of nitriles is 1. The van der Waals surface area contributed by atoms with Gasteiger partial charge in [-0.3, -0.25) is 9.59 Å². The van der Waals surface area contributed by atoms with Gasteiger partial charge in [-0.1, -0.05) is 6.07 Å². The van der Waals surface area contributed by atoms with Crippen LogP contribution in [-0.4, -0.2) is 31.6 Å². The molecule has 1 aromatic rings. The fourth-order valence-electron chi connectivity index (χ4n) is 2.00. The maximum absolute atomic E-state index is 11.8. The van der Waals surface area contributed by atoms with E-state index < -0.39 is 18.4 Å². The largest absolute Gasteiger partial charge is 0.486 e. The van der Waals surface area contributed by atoms with Gasteiger partial charge in [0.2, 0.25) is 5.78 Å². The number of esters is 1. The van der Waals surface area contributed by atoms with Crippen LogP contribution in [0, 0.1) is 11.3 Å². The number of carbonyl (C=O) groups is 2. The Morgan fingerprint density at radius 1 is 1.30 bits per heavy atom. The number of fused-ring (bicyclic) bond motifs is 1. The highest BCUT2D eigenvalue weighted by Crippen LogP contribution is 2.30. The molecule has 2 rings (SSSR count). The molecule has 7 nitrogen and oxygen atoms in total. The van der Waals surface area contributed by atoms with Gasteiger partial charge in [-0.15, -0.1) is 0 Å². The van der Waals surface area contributed by atoms with Crippen LogP contribution < -0.4 is 15.2 Å². The van der Waals surface area contributed by atoms with Crippen LogP contribution >= 0.6 is 0 Å².